The molecule has 2 aliphatic rings. The fraction of sp³-hybridized carbons (Fsp3) is 0.194. The van der Waals surface area contributed by atoms with E-state index in [9.17, 15) is 0 Å². The van der Waals surface area contributed by atoms with Crippen LogP contribution in [0.2, 0.25) is 0 Å². The predicted molar refractivity (Wildman–Crippen MR) is 161 cm³/mol. The molecule has 0 heterocycles. The molecule has 0 amide bonds. The number of nitrogens with zero attached hydrogens (tertiary/aromatic N) is 2. The number of allylic oxidation sites excluding steroid dienone is 4. The Labute approximate surface area is 227 Å². The first-order valence-corrected chi connectivity index (χ1v) is 14.0. The summed E-state index contributed by atoms with van der Waals surface area (Å²) in [5, 5.41) is 0. The first-order valence-electron chi connectivity index (χ1n) is 12.0. The second-order valence-corrected chi connectivity index (χ2v) is 10.3. The van der Waals surface area contributed by atoms with Gasteiger partial charge >= 0.3 is 0 Å². The van der Waals surface area contributed by atoms with Gasteiger partial charge in [-0.1, -0.05) is 0 Å². The van der Waals surface area contributed by atoms with Crippen LogP contribution in [0.25, 0.3) is 0 Å². The monoisotopic (exact) mass is 525 g/mol. The molecule has 2 aliphatic carbocycles. The topological polar surface area (TPSA) is 43.2 Å². The van der Waals surface area contributed by atoms with Crippen molar-refractivity contribution in [3.05, 3.63) is 118 Å². The van der Waals surface area contributed by atoms with Gasteiger partial charge in [0.1, 0.15) is 17.2 Å². The maximum absolute atomic E-state index is 5.23. The lowest BCUT2D eigenvalue weighted by Crippen LogP contribution is -2.03. The van der Waals surface area contributed by atoms with Gasteiger partial charge in [0.05, 0.1) is 19.9 Å². The molecule has 0 aromatic heterocycles. The SMILES string of the molecule is COc1ccc(C=NC2=CC=C=CC2=[S+]CCCSC2=C(N=Cc3ccc(OC)cc3)CC=C=C2)cc1. The Hall–Kier alpha value is -3.66. The molecule has 0 saturated carbocycles. The maximum Gasteiger partial charge on any atom is 0.257 e. The average Bonchev–Trinajstić information content (AvgIpc) is 2.96. The summed E-state index contributed by atoms with van der Waals surface area (Å²) in [7, 11) is 3.34. The number of hydrogen-bond acceptors (Lipinski definition) is 5. The van der Waals surface area contributed by atoms with E-state index in [1.807, 2.05) is 114 Å². The quantitative estimate of drug-likeness (QED) is 0.110. The molecular weight excluding hydrogens is 496 g/mol. The van der Waals surface area contributed by atoms with Crippen LogP contribution in [0, 0.1) is 0 Å². The highest BCUT2D eigenvalue weighted by molar-refractivity contribution is 8.03. The Morgan fingerprint density at radius 3 is 2.24 bits per heavy atom. The largest absolute Gasteiger partial charge is 0.497 e. The first kappa shape index (κ1) is 26.4. The Kier molecular flexibility index (Phi) is 10.1. The van der Waals surface area contributed by atoms with Gasteiger partial charge in [-0.15, -0.1) is 23.2 Å². The van der Waals surface area contributed by atoms with Crippen molar-refractivity contribution in [1.29, 1.82) is 0 Å². The van der Waals surface area contributed by atoms with E-state index in [4.69, 9.17) is 19.5 Å². The van der Waals surface area contributed by atoms with Crippen molar-refractivity contribution in [1.82, 2.24) is 0 Å². The molecule has 0 fully saturated rings. The highest BCUT2D eigenvalue weighted by atomic mass is 32.2. The Morgan fingerprint density at radius 1 is 0.892 bits per heavy atom. The number of methoxy groups -OCH3 is 2. The van der Waals surface area contributed by atoms with Crippen molar-refractivity contribution in [2.45, 2.75) is 12.8 Å². The predicted octanol–water partition coefficient (Wildman–Crippen LogP) is 6.56. The van der Waals surface area contributed by atoms with Crippen LogP contribution in [-0.2, 0) is 11.4 Å². The van der Waals surface area contributed by atoms with Gasteiger partial charge in [0.2, 0.25) is 0 Å². The van der Waals surface area contributed by atoms with Crippen LogP contribution < -0.4 is 9.47 Å². The standard InChI is InChI=1S/C31H29N2O2S2/c1-34-26-16-12-24(13-17-26)22-32-28-8-3-5-10-30(28)36-20-7-21-37-31-11-6-4-9-29(31)33-23-25-14-18-27(35-2)19-15-25/h3-4,8,10-19,22-23H,7,9,20-21H2,1-2H3/q+1. The number of rotatable bonds is 11. The second kappa shape index (κ2) is 14.2. The fourth-order valence-corrected chi connectivity index (χ4v) is 5.52. The molecule has 0 bridgehead atoms. The van der Waals surface area contributed by atoms with Gasteiger partial charge in [-0.25, -0.2) is 0 Å². The zero-order valence-corrected chi connectivity index (χ0v) is 22.6. The molecule has 0 unspecified atom stereocenters. The van der Waals surface area contributed by atoms with Gasteiger partial charge in [-0.2, -0.15) is 0 Å². The van der Waals surface area contributed by atoms with Gasteiger partial charge < -0.3 is 9.47 Å². The molecule has 0 saturated heterocycles. The molecule has 0 aliphatic heterocycles. The van der Waals surface area contributed by atoms with Crippen LogP contribution >= 0.6 is 11.8 Å². The normalized spacial score (nSPS) is 15.8. The van der Waals surface area contributed by atoms with Crippen molar-refractivity contribution in [3.63, 3.8) is 0 Å². The third-order valence-electron chi connectivity index (χ3n) is 5.47. The number of ether oxygens (including phenoxy) is 2. The van der Waals surface area contributed by atoms with Gasteiger partial charge in [0.25, 0.3) is 4.86 Å². The molecule has 0 atom stereocenters. The van der Waals surface area contributed by atoms with Crippen LogP contribution in [0.1, 0.15) is 24.0 Å². The van der Waals surface area contributed by atoms with Gasteiger partial charge in [0.15, 0.2) is 17.1 Å². The minimum Gasteiger partial charge on any atom is -0.497 e. The van der Waals surface area contributed by atoms with Gasteiger partial charge in [0, 0.05) is 42.0 Å². The summed E-state index contributed by atoms with van der Waals surface area (Å²) < 4.78 is 10.5. The average molecular weight is 526 g/mol. The third-order valence-corrected chi connectivity index (χ3v) is 7.76. The molecule has 6 heteroatoms. The lowest BCUT2D eigenvalue weighted by molar-refractivity contribution is 0.414. The molecule has 4 rings (SSSR count). The molecule has 2 aromatic rings. The number of thioether (sulfide) groups is 1. The summed E-state index contributed by atoms with van der Waals surface area (Å²) >= 11 is 3.66. The molecular formula is C31H29N2O2S2+. The van der Waals surface area contributed by atoms with Gasteiger partial charge in [-0.3, -0.25) is 9.98 Å². The van der Waals surface area contributed by atoms with E-state index in [1.54, 1.807) is 14.2 Å². The van der Waals surface area contributed by atoms with Crippen molar-refractivity contribution in [3.8, 4) is 11.5 Å². The third kappa shape index (κ3) is 8.18. The highest BCUT2D eigenvalue weighted by Crippen LogP contribution is 2.27. The Bertz CT molecular complexity index is 1370. The number of hydrogen-bond donors (Lipinski definition) is 0. The maximum atomic E-state index is 5.23. The summed E-state index contributed by atoms with van der Waals surface area (Å²) in [6.07, 6.45) is 15.7. The zero-order valence-electron chi connectivity index (χ0n) is 21.0. The van der Waals surface area contributed by atoms with E-state index < -0.39 is 0 Å². The number of aliphatic imine (C=N–C) groups is 2. The lowest BCUT2D eigenvalue weighted by atomic mass is 10.2. The van der Waals surface area contributed by atoms with E-state index in [-0.39, 0.29) is 0 Å². The van der Waals surface area contributed by atoms with E-state index in [2.05, 4.69) is 11.5 Å². The second-order valence-electron chi connectivity index (χ2n) is 8.04. The Morgan fingerprint density at radius 2 is 1.57 bits per heavy atom. The van der Waals surface area contributed by atoms with Crippen molar-refractivity contribution >= 4 is 40.4 Å². The van der Waals surface area contributed by atoms with Gasteiger partial charge in [-0.05, 0) is 84.0 Å². The van der Waals surface area contributed by atoms with Crippen molar-refractivity contribution in [2.24, 2.45) is 9.98 Å². The van der Waals surface area contributed by atoms with Crippen LogP contribution in [0.5, 0.6) is 11.5 Å². The molecule has 186 valence electrons. The van der Waals surface area contributed by atoms with Crippen LogP contribution in [0.4, 0.5) is 0 Å². The minimum absolute atomic E-state index is 0.801. The zero-order chi connectivity index (χ0) is 25.7. The molecule has 0 spiro atoms. The Balaban J connectivity index is 1.31. The summed E-state index contributed by atoms with van der Waals surface area (Å²) in [4.78, 5) is 11.8. The molecule has 4 nitrogen and oxygen atoms in total. The smallest absolute Gasteiger partial charge is 0.257 e. The summed E-state index contributed by atoms with van der Waals surface area (Å²) in [6, 6.07) is 15.8. The number of benzene rings is 2. The van der Waals surface area contributed by atoms with E-state index in [1.165, 1.54) is 4.91 Å². The van der Waals surface area contributed by atoms with Crippen LogP contribution in [0.3, 0.4) is 0 Å². The summed E-state index contributed by atoms with van der Waals surface area (Å²) in [5.74, 6) is 3.71. The molecule has 2 aromatic carbocycles. The molecule has 37 heavy (non-hydrogen) atoms. The summed E-state index contributed by atoms with van der Waals surface area (Å²) in [5.41, 5.74) is 10.6. The fourth-order valence-electron chi connectivity index (χ4n) is 3.44. The molecule has 0 N–H and O–H groups in total. The van der Waals surface area contributed by atoms with E-state index in [0.29, 0.717) is 0 Å². The van der Waals surface area contributed by atoms with Crippen molar-refractivity contribution < 1.29 is 9.47 Å². The lowest BCUT2D eigenvalue weighted by Gasteiger charge is -2.08. The van der Waals surface area contributed by atoms with Crippen LogP contribution in [0.15, 0.2) is 117 Å². The first-order chi connectivity index (χ1) is 18.2. The van der Waals surface area contributed by atoms with Crippen LogP contribution in [-0.4, -0.2) is 43.0 Å². The minimum atomic E-state index is 0.801. The molecule has 0 radical (unpaired) electrons. The summed E-state index contributed by atoms with van der Waals surface area (Å²) in [6.45, 7) is 0. The highest BCUT2D eigenvalue weighted by Gasteiger charge is 2.15. The van der Waals surface area contributed by atoms with Crippen molar-refractivity contribution in [2.75, 3.05) is 25.7 Å². The van der Waals surface area contributed by atoms with E-state index in [0.717, 1.165) is 63.2 Å². The van der Waals surface area contributed by atoms with E-state index >= 15 is 0 Å².